The lowest BCUT2D eigenvalue weighted by molar-refractivity contribution is -0.140. The third-order valence-electron chi connectivity index (χ3n) is 5.83. The number of carbonyl (C=O) groups excluding carboxylic acids is 2. The molecule has 2 aromatic carbocycles. The van der Waals surface area contributed by atoms with Crippen LogP contribution in [0.1, 0.15) is 51.2 Å². The zero-order chi connectivity index (χ0) is 26.0. The minimum Gasteiger partial charge on any atom is -0.354 e. The maximum Gasteiger partial charge on any atom is 0.244 e. The lowest BCUT2D eigenvalue weighted by atomic mass is 10.1. The summed E-state index contributed by atoms with van der Waals surface area (Å²) in [4.78, 5) is 28.1. The second kappa shape index (κ2) is 13.5. The van der Waals surface area contributed by atoms with Gasteiger partial charge in [0.25, 0.3) is 0 Å². The van der Waals surface area contributed by atoms with E-state index in [4.69, 9.17) is 11.6 Å². The minimum absolute atomic E-state index is 0.0879. The average molecular weight is 522 g/mol. The number of hydrogen-bond acceptors (Lipinski definition) is 4. The highest BCUT2D eigenvalue weighted by Crippen LogP contribution is 2.22. The van der Waals surface area contributed by atoms with Crippen molar-refractivity contribution in [1.82, 2.24) is 10.2 Å². The first-order chi connectivity index (χ1) is 16.6. The summed E-state index contributed by atoms with van der Waals surface area (Å²) in [7, 11) is -3.76. The number of anilines is 1. The Bertz CT molecular complexity index is 1090. The Kier molecular flexibility index (Phi) is 11.0. The molecular weight excluding hydrogens is 486 g/mol. The molecule has 0 aliphatic carbocycles. The van der Waals surface area contributed by atoms with Gasteiger partial charge < -0.3 is 10.2 Å². The number of unbranched alkanes of at least 4 members (excludes halogenated alkanes) is 1. The largest absolute Gasteiger partial charge is 0.354 e. The summed E-state index contributed by atoms with van der Waals surface area (Å²) < 4.78 is 26.4. The number of aryl methyl sites for hydroxylation is 1. The molecule has 0 unspecified atom stereocenters. The van der Waals surface area contributed by atoms with E-state index >= 15 is 0 Å². The standard InChI is InChI=1S/C26H36ClN3O4S/c1-5-8-17-28-26(32)24(7-3)29(18-21-11-9-10-12-23(21)27)25(31)19-30(35(4,33)34)22-15-13-20(6-2)14-16-22/h9-16,24H,5-8,17-19H2,1-4H3,(H,28,32)/t24-/m0/s1. The van der Waals surface area contributed by atoms with E-state index in [1.807, 2.05) is 39.0 Å². The number of nitrogens with zero attached hydrogens (tertiary/aromatic N) is 2. The number of benzene rings is 2. The fourth-order valence-electron chi connectivity index (χ4n) is 3.75. The van der Waals surface area contributed by atoms with Crippen molar-refractivity contribution in [3.63, 3.8) is 0 Å². The van der Waals surface area contributed by atoms with Crippen LogP contribution in [0.4, 0.5) is 5.69 Å². The molecule has 7 nitrogen and oxygen atoms in total. The number of rotatable bonds is 13. The fourth-order valence-corrected chi connectivity index (χ4v) is 4.79. The first-order valence-electron chi connectivity index (χ1n) is 12.0. The summed E-state index contributed by atoms with van der Waals surface area (Å²) in [6.07, 6.45) is 4.02. The zero-order valence-electron chi connectivity index (χ0n) is 21.0. The highest BCUT2D eigenvalue weighted by molar-refractivity contribution is 7.92. The molecule has 0 aromatic heterocycles. The number of nitrogens with one attached hydrogen (secondary N) is 1. The van der Waals surface area contributed by atoms with Gasteiger partial charge in [-0.25, -0.2) is 8.42 Å². The van der Waals surface area contributed by atoms with E-state index in [-0.39, 0.29) is 12.5 Å². The molecule has 0 fully saturated rings. The van der Waals surface area contributed by atoms with E-state index in [2.05, 4.69) is 5.32 Å². The Morgan fingerprint density at radius 2 is 1.69 bits per heavy atom. The summed E-state index contributed by atoms with van der Waals surface area (Å²) in [5.74, 6) is -0.744. The van der Waals surface area contributed by atoms with Crippen molar-refractivity contribution in [2.45, 2.75) is 59.0 Å². The summed E-state index contributed by atoms with van der Waals surface area (Å²) in [5.41, 5.74) is 2.14. The summed E-state index contributed by atoms with van der Waals surface area (Å²) in [5, 5.41) is 3.37. The van der Waals surface area contributed by atoms with Gasteiger partial charge in [0.2, 0.25) is 21.8 Å². The minimum atomic E-state index is -3.76. The van der Waals surface area contributed by atoms with Crippen molar-refractivity contribution in [3.05, 3.63) is 64.7 Å². The van der Waals surface area contributed by atoms with E-state index in [0.717, 1.165) is 35.4 Å². The van der Waals surface area contributed by atoms with E-state index in [9.17, 15) is 18.0 Å². The molecule has 0 spiro atoms. The van der Waals surface area contributed by atoms with Crippen molar-refractivity contribution < 1.29 is 18.0 Å². The Morgan fingerprint density at radius 1 is 1.03 bits per heavy atom. The molecule has 192 valence electrons. The van der Waals surface area contributed by atoms with Crippen molar-refractivity contribution in [3.8, 4) is 0 Å². The molecule has 2 rings (SSSR count). The third-order valence-corrected chi connectivity index (χ3v) is 7.34. The Morgan fingerprint density at radius 3 is 2.23 bits per heavy atom. The van der Waals surface area contributed by atoms with E-state index in [0.29, 0.717) is 29.2 Å². The highest BCUT2D eigenvalue weighted by Gasteiger charge is 2.32. The first kappa shape index (κ1) is 28.7. The number of hydrogen-bond donors (Lipinski definition) is 1. The van der Waals surface area contributed by atoms with Crippen LogP contribution in [-0.2, 0) is 32.6 Å². The molecule has 2 amide bonds. The molecule has 0 bridgehead atoms. The van der Waals surface area contributed by atoms with Crippen LogP contribution >= 0.6 is 11.6 Å². The van der Waals surface area contributed by atoms with Crippen LogP contribution in [0.2, 0.25) is 5.02 Å². The molecular formula is C26H36ClN3O4S. The van der Waals surface area contributed by atoms with Gasteiger partial charge in [-0.05, 0) is 48.6 Å². The number of halogens is 1. The number of carbonyl (C=O) groups is 2. The van der Waals surface area contributed by atoms with Crippen molar-refractivity contribution >= 4 is 39.1 Å². The van der Waals surface area contributed by atoms with Crippen molar-refractivity contribution in [1.29, 1.82) is 0 Å². The van der Waals surface area contributed by atoms with Crippen LogP contribution in [-0.4, -0.2) is 50.5 Å². The number of amides is 2. The lowest BCUT2D eigenvalue weighted by Gasteiger charge is -2.33. The summed E-state index contributed by atoms with van der Waals surface area (Å²) in [6.45, 7) is 6.05. The Balaban J connectivity index is 2.40. The van der Waals surface area contributed by atoms with Gasteiger partial charge in [-0.3, -0.25) is 13.9 Å². The maximum absolute atomic E-state index is 13.6. The van der Waals surface area contributed by atoms with E-state index < -0.39 is 28.5 Å². The predicted molar refractivity (Wildman–Crippen MR) is 142 cm³/mol. The Labute approximate surface area is 214 Å². The molecule has 0 saturated carbocycles. The van der Waals surface area contributed by atoms with Crippen LogP contribution < -0.4 is 9.62 Å². The van der Waals surface area contributed by atoms with Gasteiger partial charge in [-0.15, -0.1) is 0 Å². The van der Waals surface area contributed by atoms with Gasteiger partial charge in [0.05, 0.1) is 11.9 Å². The molecule has 35 heavy (non-hydrogen) atoms. The Hall–Kier alpha value is -2.58. The molecule has 0 saturated heterocycles. The monoisotopic (exact) mass is 521 g/mol. The van der Waals surface area contributed by atoms with Gasteiger partial charge in [0, 0.05) is 18.1 Å². The first-order valence-corrected chi connectivity index (χ1v) is 14.2. The fraction of sp³-hybridized carbons (Fsp3) is 0.462. The smallest absolute Gasteiger partial charge is 0.244 e. The van der Waals surface area contributed by atoms with Gasteiger partial charge >= 0.3 is 0 Å². The van der Waals surface area contributed by atoms with Crippen LogP contribution in [0.25, 0.3) is 0 Å². The molecule has 0 radical (unpaired) electrons. The quantitative estimate of drug-likeness (QED) is 0.396. The highest BCUT2D eigenvalue weighted by atomic mass is 35.5. The summed E-state index contributed by atoms with van der Waals surface area (Å²) in [6, 6.07) is 13.4. The van der Waals surface area contributed by atoms with Crippen LogP contribution in [0.5, 0.6) is 0 Å². The second-order valence-corrected chi connectivity index (χ2v) is 10.8. The van der Waals surface area contributed by atoms with Crippen molar-refractivity contribution in [2.24, 2.45) is 0 Å². The van der Waals surface area contributed by atoms with Crippen LogP contribution in [0.15, 0.2) is 48.5 Å². The third kappa shape index (κ3) is 8.25. The van der Waals surface area contributed by atoms with Gasteiger partial charge in [-0.2, -0.15) is 0 Å². The SMILES string of the molecule is CCCCNC(=O)[C@H](CC)N(Cc1ccccc1Cl)C(=O)CN(c1ccc(CC)cc1)S(C)(=O)=O. The average Bonchev–Trinajstić information content (AvgIpc) is 2.83. The normalized spacial score (nSPS) is 12.1. The maximum atomic E-state index is 13.6. The van der Waals surface area contributed by atoms with Gasteiger partial charge in [0.1, 0.15) is 12.6 Å². The molecule has 2 aromatic rings. The molecule has 1 N–H and O–H groups in total. The second-order valence-electron chi connectivity index (χ2n) is 8.47. The van der Waals surface area contributed by atoms with Crippen molar-refractivity contribution in [2.75, 3.05) is 23.7 Å². The van der Waals surface area contributed by atoms with Gasteiger partial charge in [0.15, 0.2) is 0 Å². The van der Waals surface area contributed by atoms with Crippen LogP contribution in [0.3, 0.4) is 0 Å². The molecule has 0 aliphatic rings. The van der Waals surface area contributed by atoms with Crippen LogP contribution in [0, 0.1) is 0 Å². The van der Waals surface area contributed by atoms with E-state index in [1.165, 1.54) is 4.90 Å². The number of sulfonamides is 1. The molecule has 9 heteroatoms. The molecule has 1 atom stereocenters. The predicted octanol–water partition coefficient (Wildman–Crippen LogP) is 4.39. The lowest BCUT2D eigenvalue weighted by Crippen LogP contribution is -2.52. The van der Waals surface area contributed by atoms with Gasteiger partial charge in [-0.1, -0.05) is 69.1 Å². The topological polar surface area (TPSA) is 86.8 Å². The zero-order valence-corrected chi connectivity index (χ0v) is 22.5. The molecule has 0 aliphatic heterocycles. The van der Waals surface area contributed by atoms with E-state index in [1.54, 1.807) is 30.3 Å². The summed E-state index contributed by atoms with van der Waals surface area (Å²) >= 11 is 6.36. The molecule has 0 heterocycles.